The summed E-state index contributed by atoms with van der Waals surface area (Å²) >= 11 is 0. The van der Waals surface area contributed by atoms with Crippen molar-refractivity contribution in [2.24, 2.45) is 11.7 Å². The van der Waals surface area contributed by atoms with Crippen molar-refractivity contribution in [3.05, 3.63) is 29.8 Å². The van der Waals surface area contributed by atoms with Gasteiger partial charge in [-0.25, -0.2) is 0 Å². The van der Waals surface area contributed by atoms with Crippen LogP contribution in [-0.4, -0.2) is 24.4 Å². The monoisotopic (exact) mass is 261 g/mol. The van der Waals surface area contributed by atoms with Gasteiger partial charge in [0.2, 0.25) is 5.91 Å². The largest absolute Gasteiger partial charge is 0.366 e. The molecule has 0 saturated carbocycles. The molecule has 5 nitrogen and oxygen atoms in total. The van der Waals surface area contributed by atoms with Crippen LogP contribution in [0, 0.1) is 5.92 Å². The molecular formula is C14H19N3O2. The molecule has 0 spiro atoms. The van der Waals surface area contributed by atoms with Crippen LogP contribution in [0.2, 0.25) is 0 Å². The number of amides is 2. The Hall–Kier alpha value is -1.88. The molecular weight excluding hydrogens is 242 g/mol. The molecule has 1 aromatic carbocycles. The Morgan fingerprint density at radius 1 is 1.37 bits per heavy atom. The molecule has 1 fully saturated rings. The Morgan fingerprint density at radius 3 is 2.79 bits per heavy atom. The quantitative estimate of drug-likeness (QED) is 0.762. The van der Waals surface area contributed by atoms with Gasteiger partial charge >= 0.3 is 0 Å². The summed E-state index contributed by atoms with van der Waals surface area (Å²) in [5.74, 6) is -0.589. The first-order valence-corrected chi connectivity index (χ1v) is 6.51. The van der Waals surface area contributed by atoms with Crippen molar-refractivity contribution in [3.8, 4) is 0 Å². The predicted octanol–water partition coefficient (Wildman–Crippen LogP) is 1.11. The van der Waals surface area contributed by atoms with Gasteiger partial charge in [-0.2, -0.15) is 0 Å². The summed E-state index contributed by atoms with van der Waals surface area (Å²) in [4.78, 5) is 23.5. The Bertz CT molecular complexity index is 487. The van der Waals surface area contributed by atoms with Crippen LogP contribution in [0.4, 0.5) is 5.69 Å². The van der Waals surface area contributed by atoms with E-state index in [9.17, 15) is 9.59 Å². The summed E-state index contributed by atoms with van der Waals surface area (Å²) in [6.07, 6.45) is 1.62. The molecule has 2 amide bonds. The lowest BCUT2D eigenvalue weighted by atomic mass is 9.92. The molecule has 1 saturated heterocycles. The molecule has 1 aromatic rings. The second-order valence-electron chi connectivity index (χ2n) is 4.98. The minimum atomic E-state index is -0.533. The predicted molar refractivity (Wildman–Crippen MR) is 73.8 cm³/mol. The number of hydrogen-bond donors (Lipinski definition) is 3. The smallest absolute Gasteiger partial charge is 0.250 e. The van der Waals surface area contributed by atoms with E-state index in [0.717, 1.165) is 19.4 Å². The van der Waals surface area contributed by atoms with Crippen molar-refractivity contribution in [1.82, 2.24) is 5.32 Å². The zero-order chi connectivity index (χ0) is 13.8. The van der Waals surface area contributed by atoms with E-state index in [1.54, 1.807) is 24.3 Å². The third-order valence-electron chi connectivity index (χ3n) is 3.44. The lowest BCUT2D eigenvalue weighted by Crippen LogP contribution is -2.40. The zero-order valence-electron chi connectivity index (χ0n) is 11.0. The minimum absolute atomic E-state index is 0.0165. The van der Waals surface area contributed by atoms with Gasteiger partial charge in [0.15, 0.2) is 0 Å². The highest BCUT2D eigenvalue weighted by atomic mass is 16.2. The third-order valence-corrected chi connectivity index (χ3v) is 3.44. The molecule has 19 heavy (non-hydrogen) atoms. The number of nitrogens with two attached hydrogens (primary N) is 1. The van der Waals surface area contributed by atoms with Gasteiger partial charge in [0.1, 0.15) is 0 Å². The van der Waals surface area contributed by atoms with Crippen LogP contribution >= 0.6 is 0 Å². The molecule has 0 aromatic heterocycles. The molecule has 1 heterocycles. The Kier molecular flexibility index (Phi) is 4.16. The van der Waals surface area contributed by atoms with Gasteiger partial charge < -0.3 is 16.4 Å². The first-order valence-electron chi connectivity index (χ1n) is 6.51. The van der Waals surface area contributed by atoms with Crippen molar-refractivity contribution < 1.29 is 9.59 Å². The lowest BCUT2D eigenvalue weighted by Gasteiger charge is -2.27. The molecule has 2 atom stereocenters. The number of carbonyl (C=O) groups excluding carboxylic acids is 2. The lowest BCUT2D eigenvalue weighted by molar-refractivity contribution is -0.120. The van der Waals surface area contributed by atoms with Gasteiger partial charge in [-0.15, -0.1) is 0 Å². The Morgan fingerprint density at radius 2 is 2.11 bits per heavy atom. The zero-order valence-corrected chi connectivity index (χ0v) is 11.0. The number of nitrogens with one attached hydrogen (secondary N) is 2. The van der Waals surface area contributed by atoms with Crippen molar-refractivity contribution >= 4 is 17.5 Å². The summed E-state index contributed by atoms with van der Waals surface area (Å²) < 4.78 is 0. The van der Waals surface area contributed by atoms with E-state index in [-0.39, 0.29) is 11.8 Å². The van der Waals surface area contributed by atoms with Crippen molar-refractivity contribution in [1.29, 1.82) is 0 Å². The number of benzene rings is 1. The normalized spacial score (nSPS) is 22.8. The molecule has 2 rings (SSSR count). The van der Waals surface area contributed by atoms with E-state index in [1.165, 1.54) is 0 Å². The van der Waals surface area contributed by atoms with Crippen LogP contribution in [0.25, 0.3) is 0 Å². The van der Waals surface area contributed by atoms with Gasteiger partial charge in [0.05, 0.1) is 11.3 Å². The molecule has 0 radical (unpaired) electrons. The van der Waals surface area contributed by atoms with Crippen molar-refractivity contribution in [2.75, 3.05) is 11.9 Å². The number of carbonyl (C=O) groups is 2. The average molecular weight is 261 g/mol. The van der Waals surface area contributed by atoms with E-state index in [1.807, 2.05) is 0 Å². The topological polar surface area (TPSA) is 84.2 Å². The van der Waals surface area contributed by atoms with E-state index < -0.39 is 5.91 Å². The fourth-order valence-corrected chi connectivity index (χ4v) is 2.41. The van der Waals surface area contributed by atoms with Crippen LogP contribution in [0.3, 0.4) is 0 Å². The van der Waals surface area contributed by atoms with Crippen LogP contribution in [0.1, 0.15) is 30.1 Å². The number of anilines is 1. The number of piperidine rings is 1. The summed E-state index contributed by atoms with van der Waals surface area (Å²) in [5, 5.41) is 6.12. The molecule has 0 bridgehead atoms. The number of para-hydroxylation sites is 1. The molecule has 4 N–H and O–H groups in total. The van der Waals surface area contributed by atoms with E-state index in [0.29, 0.717) is 17.3 Å². The van der Waals surface area contributed by atoms with Gasteiger partial charge in [-0.05, 0) is 38.4 Å². The molecule has 0 aliphatic carbocycles. The minimum Gasteiger partial charge on any atom is -0.366 e. The highest BCUT2D eigenvalue weighted by Crippen LogP contribution is 2.20. The van der Waals surface area contributed by atoms with Crippen LogP contribution < -0.4 is 16.4 Å². The maximum Gasteiger partial charge on any atom is 0.250 e. The molecule has 0 unspecified atom stereocenters. The van der Waals surface area contributed by atoms with Gasteiger partial charge in [-0.1, -0.05) is 12.1 Å². The van der Waals surface area contributed by atoms with Crippen molar-refractivity contribution in [2.45, 2.75) is 25.8 Å². The van der Waals surface area contributed by atoms with E-state index in [2.05, 4.69) is 17.6 Å². The maximum atomic E-state index is 12.2. The summed E-state index contributed by atoms with van der Waals surface area (Å²) in [5.41, 5.74) is 6.13. The van der Waals surface area contributed by atoms with Crippen LogP contribution in [0.5, 0.6) is 0 Å². The van der Waals surface area contributed by atoms with Gasteiger partial charge in [0.25, 0.3) is 5.91 Å². The van der Waals surface area contributed by atoms with Crippen LogP contribution in [0.15, 0.2) is 24.3 Å². The Labute approximate surface area is 112 Å². The molecule has 5 heteroatoms. The van der Waals surface area contributed by atoms with Crippen molar-refractivity contribution in [3.63, 3.8) is 0 Å². The summed E-state index contributed by atoms with van der Waals surface area (Å²) in [7, 11) is 0. The first kappa shape index (κ1) is 13.5. The molecule has 1 aliphatic rings. The average Bonchev–Trinajstić information content (AvgIpc) is 2.39. The standard InChI is InChI=1S/C14H19N3O2/c1-9-8-10(6-7-16-9)14(19)17-12-5-3-2-4-11(12)13(15)18/h2-5,9-10,16H,6-8H2,1H3,(H2,15,18)(H,17,19)/t9-,10-/m0/s1. The number of hydrogen-bond acceptors (Lipinski definition) is 3. The van der Waals surface area contributed by atoms with Gasteiger partial charge in [-0.3, -0.25) is 9.59 Å². The SMILES string of the molecule is C[C@H]1C[C@@H](C(=O)Nc2ccccc2C(N)=O)CCN1. The first-order chi connectivity index (χ1) is 9.08. The molecule has 1 aliphatic heterocycles. The van der Waals surface area contributed by atoms with E-state index in [4.69, 9.17) is 5.73 Å². The highest BCUT2D eigenvalue weighted by molar-refractivity contribution is 6.03. The summed E-state index contributed by atoms with van der Waals surface area (Å²) in [6.45, 7) is 2.91. The molecule has 102 valence electrons. The maximum absolute atomic E-state index is 12.2. The number of primary amides is 1. The van der Waals surface area contributed by atoms with E-state index >= 15 is 0 Å². The fourth-order valence-electron chi connectivity index (χ4n) is 2.41. The highest BCUT2D eigenvalue weighted by Gasteiger charge is 2.25. The Balaban J connectivity index is 2.08. The summed E-state index contributed by atoms with van der Waals surface area (Å²) in [6, 6.07) is 7.15. The number of rotatable bonds is 3. The van der Waals surface area contributed by atoms with Gasteiger partial charge in [0, 0.05) is 12.0 Å². The second-order valence-corrected chi connectivity index (χ2v) is 4.98. The fraction of sp³-hybridized carbons (Fsp3) is 0.429. The third kappa shape index (κ3) is 3.32. The second kappa shape index (κ2) is 5.84. The van der Waals surface area contributed by atoms with Crippen LogP contribution in [-0.2, 0) is 4.79 Å².